The van der Waals surface area contributed by atoms with E-state index >= 15 is 0 Å². The minimum atomic E-state index is -0.875. The molecular weight excluding hydrogens is 308 g/mol. The van der Waals surface area contributed by atoms with Crippen molar-refractivity contribution in [1.29, 1.82) is 0 Å². The van der Waals surface area contributed by atoms with E-state index in [0.717, 1.165) is 0 Å². The summed E-state index contributed by atoms with van der Waals surface area (Å²) in [4.78, 5) is 24.3. The Morgan fingerprint density at radius 1 is 1.25 bits per heavy atom. The van der Waals surface area contributed by atoms with Crippen LogP contribution in [0, 0.1) is 0 Å². The van der Waals surface area contributed by atoms with Gasteiger partial charge in [0, 0.05) is 5.69 Å². The van der Waals surface area contributed by atoms with Crippen LogP contribution in [-0.4, -0.2) is 29.7 Å². The quantitative estimate of drug-likeness (QED) is 0.784. The molecule has 0 heterocycles. The molecule has 0 unspecified atom stereocenters. The number of benzene rings is 1. The summed E-state index contributed by atoms with van der Waals surface area (Å²) in [5, 5.41) is 5.49. The lowest BCUT2D eigenvalue weighted by molar-refractivity contribution is -0.119. The van der Waals surface area contributed by atoms with Gasteiger partial charge in [-0.1, -0.05) is 12.7 Å². The summed E-state index contributed by atoms with van der Waals surface area (Å²) in [5.74, 6) is 0.453. The molecule has 0 aromatic heterocycles. The van der Waals surface area contributed by atoms with Gasteiger partial charge in [-0.05, 0) is 57.9 Å². The first-order valence-electron chi connectivity index (χ1n) is 7.90. The van der Waals surface area contributed by atoms with E-state index in [0.29, 0.717) is 30.9 Å². The van der Waals surface area contributed by atoms with Crippen molar-refractivity contribution in [2.75, 3.05) is 11.9 Å². The van der Waals surface area contributed by atoms with E-state index in [1.807, 2.05) is 0 Å². The lowest BCUT2D eigenvalue weighted by atomic mass is 10.2. The van der Waals surface area contributed by atoms with Gasteiger partial charge >= 0.3 is 6.09 Å². The van der Waals surface area contributed by atoms with Crippen molar-refractivity contribution in [2.24, 2.45) is 0 Å². The van der Waals surface area contributed by atoms with Gasteiger partial charge in [0.05, 0.1) is 0 Å². The molecule has 0 saturated heterocycles. The number of carbonyl (C=O) groups excluding carboxylic acids is 2. The Bertz CT molecular complexity index is 613. The van der Waals surface area contributed by atoms with Crippen LogP contribution < -0.4 is 15.4 Å². The van der Waals surface area contributed by atoms with Crippen LogP contribution in [0.15, 0.2) is 36.9 Å². The number of carbonyl (C=O) groups is 2. The Balaban J connectivity index is 1.91. The smallest absolute Gasteiger partial charge is 0.408 e. The second-order valence-electron chi connectivity index (χ2n) is 6.79. The summed E-state index contributed by atoms with van der Waals surface area (Å²) < 4.78 is 10.6. The Labute approximate surface area is 142 Å². The Hall–Kier alpha value is -2.50. The number of rotatable bonds is 6. The standard InChI is InChI=1S/C18H24N2O4/c1-5-12-23-14-8-6-13(7-9-14)19-15(21)18(10-11-18)20-16(22)24-17(2,3)4/h5-9H,1,10-12H2,2-4H3,(H,19,21)(H,20,22). The molecule has 0 bridgehead atoms. The zero-order chi connectivity index (χ0) is 17.8. The Morgan fingerprint density at radius 2 is 1.88 bits per heavy atom. The molecule has 0 aliphatic heterocycles. The van der Waals surface area contributed by atoms with Gasteiger partial charge in [-0.15, -0.1) is 0 Å². The van der Waals surface area contributed by atoms with Crippen LogP contribution in [-0.2, 0) is 9.53 Å². The van der Waals surface area contributed by atoms with Crippen LogP contribution >= 0.6 is 0 Å². The second-order valence-corrected chi connectivity index (χ2v) is 6.79. The zero-order valence-electron chi connectivity index (χ0n) is 14.3. The number of hydrogen-bond acceptors (Lipinski definition) is 4. The number of anilines is 1. The average Bonchev–Trinajstić information content (AvgIpc) is 3.25. The van der Waals surface area contributed by atoms with Crippen molar-refractivity contribution in [1.82, 2.24) is 5.32 Å². The molecule has 1 saturated carbocycles. The molecule has 0 atom stereocenters. The molecule has 1 aromatic rings. The Morgan fingerprint density at radius 3 is 2.38 bits per heavy atom. The first-order chi connectivity index (χ1) is 11.2. The fourth-order valence-electron chi connectivity index (χ4n) is 2.07. The summed E-state index contributed by atoms with van der Waals surface area (Å²) in [7, 11) is 0. The summed E-state index contributed by atoms with van der Waals surface area (Å²) >= 11 is 0. The molecule has 2 amide bonds. The van der Waals surface area contributed by atoms with E-state index in [1.54, 1.807) is 51.1 Å². The van der Waals surface area contributed by atoms with E-state index < -0.39 is 17.2 Å². The maximum absolute atomic E-state index is 12.4. The van der Waals surface area contributed by atoms with Crippen molar-refractivity contribution in [3.63, 3.8) is 0 Å². The molecule has 2 N–H and O–H groups in total. The van der Waals surface area contributed by atoms with Crippen LogP contribution in [0.4, 0.5) is 10.5 Å². The van der Waals surface area contributed by atoms with E-state index in [2.05, 4.69) is 17.2 Å². The van der Waals surface area contributed by atoms with Crippen molar-refractivity contribution in [2.45, 2.75) is 44.8 Å². The van der Waals surface area contributed by atoms with Crippen LogP contribution in [0.5, 0.6) is 5.75 Å². The van der Waals surface area contributed by atoms with Crippen LogP contribution in [0.25, 0.3) is 0 Å². The van der Waals surface area contributed by atoms with Crippen molar-refractivity contribution >= 4 is 17.7 Å². The highest BCUT2D eigenvalue weighted by atomic mass is 16.6. The van der Waals surface area contributed by atoms with E-state index in [-0.39, 0.29) is 5.91 Å². The third-order valence-corrected chi connectivity index (χ3v) is 3.40. The van der Waals surface area contributed by atoms with Gasteiger partial charge in [0.15, 0.2) is 0 Å². The van der Waals surface area contributed by atoms with Gasteiger partial charge in [0.2, 0.25) is 5.91 Å². The van der Waals surface area contributed by atoms with Crippen LogP contribution in [0.2, 0.25) is 0 Å². The van der Waals surface area contributed by atoms with E-state index in [9.17, 15) is 9.59 Å². The van der Waals surface area contributed by atoms with E-state index in [4.69, 9.17) is 9.47 Å². The highest BCUT2D eigenvalue weighted by Crippen LogP contribution is 2.37. The maximum atomic E-state index is 12.4. The summed E-state index contributed by atoms with van der Waals surface area (Å²) in [6, 6.07) is 7.03. The first-order valence-corrected chi connectivity index (χ1v) is 7.90. The monoisotopic (exact) mass is 332 g/mol. The topological polar surface area (TPSA) is 76.7 Å². The fourth-order valence-corrected chi connectivity index (χ4v) is 2.07. The average molecular weight is 332 g/mol. The number of amides is 2. The molecule has 24 heavy (non-hydrogen) atoms. The normalized spacial score (nSPS) is 15.1. The zero-order valence-corrected chi connectivity index (χ0v) is 14.3. The molecule has 1 aromatic carbocycles. The summed E-state index contributed by atoms with van der Waals surface area (Å²) in [6.07, 6.45) is 2.27. The predicted octanol–water partition coefficient (Wildman–Crippen LogP) is 3.25. The number of hydrogen-bond donors (Lipinski definition) is 2. The largest absolute Gasteiger partial charge is 0.490 e. The van der Waals surface area contributed by atoms with Gasteiger partial charge < -0.3 is 20.1 Å². The fraction of sp³-hybridized carbons (Fsp3) is 0.444. The van der Waals surface area contributed by atoms with Crippen LogP contribution in [0.1, 0.15) is 33.6 Å². The van der Waals surface area contributed by atoms with Gasteiger partial charge in [-0.3, -0.25) is 4.79 Å². The minimum Gasteiger partial charge on any atom is -0.490 e. The maximum Gasteiger partial charge on any atom is 0.408 e. The highest BCUT2D eigenvalue weighted by Gasteiger charge is 2.52. The first kappa shape index (κ1) is 17.8. The molecule has 1 aliphatic carbocycles. The lowest BCUT2D eigenvalue weighted by Crippen LogP contribution is -2.47. The third-order valence-electron chi connectivity index (χ3n) is 3.40. The van der Waals surface area contributed by atoms with Crippen molar-refractivity contribution in [3.8, 4) is 5.75 Å². The molecule has 0 radical (unpaired) electrons. The SMILES string of the molecule is C=CCOc1ccc(NC(=O)C2(NC(=O)OC(C)(C)C)CC2)cc1. The van der Waals surface area contributed by atoms with Crippen molar-refractivity contribution in [3.05, 3.63) is 36.9 Å². The molecular formula is C18H24N2O4. The van der Waals surface area contributed by atoms with Crippen LogP contribution in [0.3, 0.4) is 0 Å². The van der Waals surface area contributed by atoms with E-state index in [1.165, 1.54) is 0 Å². The third kappa shape index (κ3) is 5.01. The lowest BCUT2D eigenvalue weighted by Gasteiger charge is -2.23. The Kier molecular flexibility index (Phi) is 5.17. The van der Waals surface area contributed by atoms with Gasteiger partial charge in [0.1, 0.15) is 23.5 Å². The molecule has 6 heteroatoms. The number of nitrogens with one attached hydrogen (secondary N) is 2. The molecule has 0 spiro atoms. The molecule has 1 aliphatic rings. The van der Waals surface area contributed by atoms with Gasteiger partial charge in [-0.2, -0.15) is 0 Å². The molecule has 2 rings (SSSR count). The van der Waals surface area contributed by atoms with Gasteiger partial charge in [-0.25, -0.2) is 4.79 Å². The number of alkyl carbamates (subject to hydrolysis) is 1. The second kappa shape index (κ2) is 6.95. The highest BCUT2D eigenvalue weighted by molar-refractivity contribution is 6.02. The minimum absolute atomic E-state index is 0.242. The summed E-state index contributed by atoms with van der Waals surface area (Å²) in [6.45, 7) is 9.35. The predicted molar refractivity (Wildman–Crippen MR) is 92.1 cm³/mol. The molecule has 1 fully saturated rings. The number of ether oxygens (including phenoxy) is 2. The van der Waals surface area contributed by atoms with Crippen molar-refractivity contribution < 1.29 is 19.1 Å². The summed E-state index contributed by atoms with van der Waals surface area (Å²) in [5.41, 5.74) is -0.832. The molecule has 6 nitrogen and oxygen atoms in total. The van der Waals surface area contributed by atoms with Gasteiger partial charge in [0.25, 0.3) is 0 Å². The molecule has 130 valence electrons.